The molecule has 1 fully saturated rings. The number of aryl methyl sites for hydroxylation is 2. The van der Waals surface area contributed by atoms with Gasteiger partial charge in [-0.05, 0) is 39.5 Å². The fourth-order valence-corrected chi connectivity index (χ4v) is 3.20. The summed E-state index contributed by atoms with van der Waals surface area (Å²) in [6.07, 6.45) is 6.92. The first-order valence-corrected chi connectivity index (χ1v) is 9.80. The Morgan fingerprint density at radius 1 is 1.15 bits per heavy atom. The van der Waals surface area contributed by atoms with Crippen molar-refractivity contribution in [3.63, 3.8) is 0 Å². The molecule has 1 aliphatic carbocycles. The number of nitrogens with zero attached hydrogens (tertiary/aromatic N) is 2. The van der Waals surface area contributed by atoms with Gasteiger partial charge in [0, 0.05) is 26.1 Å². The van der Waals surface area contributed by atoms with E-state index in [1.54, 1.807) is 0 Å². The maximum absolute atomic E-state index is 12.0. The lowest BCUT2D eigenvalue weighted by Gasteiger charge is -2.20. The van der Waals surface area contributed by atoms with Crippen LogP contribution in [0.4, 0.5) is 0 Å². The Hall–Kier alpha value is -1.32. The van der Waals surface area contributed by atoms with Crippen LogP contribution in [-0.2, 0) is 11.3 Å². The molecule has 0 bridgehead atoms. The van der Waals surface area contributed by atoms with Gasteiger partial charge in [0.05, 0.1) is 5.69 Å². The fraction of sp³-hybridized carbons (Fsp3) is 0.737. The highest BCUT2D eigenvalue weighted by Gasteiger charge is 2.16. The first kappa shape index (κ1) is 23.7. The van der Waals surface area contributed by atoms with Gasteiger partial charge in [0.15, 0.2) is 5.96 Å². The predicted molar refractivity (Wildman–Crippen MR) is 118 cm³/mol. The van der Waals surface area contributed by atoms with Gasteiger partial charge in [-0.3, -0.25) is 4.79 Å². The molecule has 154 valence electrons. The molecule has 3 N–H and O–H groups in total. The van der Waals surface area contributed by atoms with Crippen molar-refractivity contribution in [2.24, 2.45) is 10.9 Å². The third-order valence-electron chi connectivity index (χ3n) is 4.73. The van der Waals surface area contributed by atoms with Crippen molar-refractivity contribution in [2.75, 3.05) is 19.6 Å². The lowest BCUT2D eigenvalue weighted by atomic mass is 9.87. The molecule has 0 aliphatic heterocycles. The lowest BCUT2D eigenvalue weighted by molar-refractivity contribution is -0.122. The van der Waals surface area contributed by atoms with E-state index >= 15 is 0 Å². The number of rotatable bonds is 8. The van der Waals surface area contributed by atoms with Crippen LogP contribution in [0.25, 0.3) is 0 Å². The first-order valence-electron chi connectivity index (χ1n) is 9.80. The van der Waals surface area contributed by atoms with E-state index in [1.807, 2.05) is 20.8 Å². The van der Waals surface area contributed by atoms with E-state index in [1.165, 1.54) is 32.1 Å². The van der Waals surface area contributed by atoms with Gasteiger partial charge in [-0.25, -0.2) is 9.98 Å². The maximum atomic E-state index is 12.0. The van der Waals surface area contributed by atoms with Crippen LogP contribution in [0, 0.1) is 19.8 Å². The summed E-state index contributed by atoms with van der Waals surface area (Å²) in [6.45, 7) is 8.21. The molecule has 1 saturated carbocycles. The van der Waals surface area contributed by atoms with Crippen molar-refractivity contribution in [1.82, 2.24) is 20.9 Å². The van der Waals surface area contributed by atoms with Crippen LogP contribution in [0.15, 0.2) is 9.41 Å². The monoisotopic (exact) mass is 491 g/mol. The second-order valence-corrected chi connectivity index (χ2v) is 6.93. The Bertz CT molecular complexity index is 577. The normalized spacial score (nSPS) is 15.1. The number of oxazole rings is 1. The average molecular weight is 491 g/mol. The second kappa shape index (κ2) is 13.0. The summed E-state index contributed by atoms with van der Waals surface area (Å²) in [5, 5.41) is 9.41. The average Bonchev–Trinajstić information content (AvgIpc) is 2.95. The van der Waals surface area contributed by atoms with Gasteiger partial charge >= 0.3 is 0 Å². The van der Waals surface area contributed by atoms with Gasteiger partial charge in [0.2, 0.25) is 11.8 Å². The zero-order valence-electron chi connectivity index (χ0n) is 16.8. The number of aromatic nitrogens is 1. The molecule has 0 radical (unpaired) electrons. The number of carbonyl (C=O) groups is 1. The summed E-state index contributed by atoms with van der Waals surface area (Å²) in [7, 11) is 0. The number of guanidine groups is 1. The fourth-order valence-electron chi connectivity index (χ4n) is 3.20. The highest BCUT2D eigenvalue weighted by molar-refractivity contribution is 14.0. The Balaban J connectivity index is 0.00000364. The van der Waals surface area contributed by atoms with E-state index < -0.39 is 0 Å². The molecule has 1 aromatic rings. The number of hydrogen-bond donors (Lipinski definition) is 3. The number of aliphatic imine (C=N–C) groups is 1. The third kappa shape index (κ3) is 8.94. The van der Waals surface area contributed by atoms with Gasteiger partial charge in [0.1, 0.15) is 12.3 Å². The van der Waals surface area contributed by atoms with E-state index in [4.69, 9.17) is 4.42 Å². The van der Waals surface area contributed by atoms with E-state index in [0.717, 1.165) is 18.0 Å². The maximum Gasteiger partial charge on any atom is 0.220 e. The van der Waals surface area contributed by atoms with E-state index in [0.29, 0.717) is 43.8 Å². The van der Waals surface area contributed by atoms with Crippen LogP contribution in [0.2, 0.25) is 0 Å². The Labute approximate surface area is 179 Å². The van der Waals surface area contributed by atoms with E-state index in [2.05, 4.69) is 25.9 Å². The number of amides is 1. The zero-order chi connectivity index (χ0) is 18.8. The number of nitrogens with one attached hydrogen (secondary N) is 3. The Kier molecular flexibility index (Phi) is 11.4. The Morgan fingerprint density at radius 2 is 1.85 bits per heavy atom. The van der Waals surface area contributed by atoms with Gasteiger partial charge in [-0.1, -0.05) is 19.3 Å². The molecule has 8 heteroatoms. The smallest absolute Gasteiger partial charge is 0.220 e. The van der Waals surface area contributed by atoms with Gasteiger partial charge in [-0.15, -0.1) is 24.0 Å². The molecule has 27 heavy (non-hydrogen) atoms. The van der Waals surface area contributed by atoms with Crippen molar-refractivity contribution in [3.8, 4) is 0 Å². The van der Waals surface area contributed by atoms with Crippen LogP contribution < -0.4 is 16.0 Å². The number of hydrogen-bond acceptors (Lipinski definition) is 4. The van der Waals surface area contributed by atoms with Crippen molar-refractivity contribution in [1.29, 1.82) is 0 Å². The minimum absolute atomic E-state index is 0. The highest BCUT2D eigenvalue weighted by atomic mass is 127. The van der Waals surface area contributed by atoms with E-state index in [9.17, 15) is 4.79 Å². The molecule has 0 unspecified atom stereocenters. The summed E-state index contributed by atoms with van der Waals surface area (Å²) >= 11 is 0. The molecule has 2 rings (SSSR count). The molecule has 0 aromatic carbocycles. The SMILES string of the molecule is CCNC(=NCc1nc(C)c(C)o1)NCCNC(=O)CC1CCCCC1.I. The standard InChI is InChI=1S/C19H33N5O2.HI/c1-4-20-19(23-13-18-24-14(2)15(3)26-18)22-11-10-21-17(25)12-16-8-6-5-7-9-16;/h16H,4-13H2,1-3H3,(H,21,25)(H2,20,22,23);1H. The minimum atomic E-state index is 0. The largest absolute Gasteiger partial charge is 0.444 e. The molecule has 1 aromatic heterocycles. The predicted octanol–water partition coefficient (Wildman–Crippen LogP) is 3.05. The van der Waals surface area contributed by atoms with Crippen molar-refractivity contribution >= 4 is 35.8 Å². The third-order valence-corrected chi connectivity index (χ3v) is 4.73. The van der Waals surface area contributed by atoms with Crippen LogP contribution in [0.1, 0.15) is 62.8 Å². The van der Waals surface area contributed by atoms with Gasteiger partial charge in [-0.2, -0.15) is 0 Å². The van der Waals surface area contributed by atoms with Gasteiger partial charge < -0.3 is 20.4 Å². The van der Waals surface area contributed by atoms with Crippen molar-refractivity contribution < 1.29 is 9.21 Å². The summed E-state index contributed by atoms with van der Waals surface area (Å²) in [4.78, 5) is 20.8. The molecule has 1 amide bonds. The summed E-state index contributed by atoms with van der Waals surface area (Å²) < 4.78 is 5.54. The molecule has 1 aliphatic rings. The quantitative estimate of drug-likeness (QED) is 0.225. The molecular weight excluding hydrogens is 457 g/mol. The lowest BCUT2D eigenvalue weighted by Crippen LogP contribution is -2.41. The summed E-state index contributed by atoms with van der Waals surface area (Å²) in [6, 6.07) is 0. The number of carbonyl (C=O) groups excluding carboxylic acids is 1. The molecule has 7 nitrogen and oxygen atoms in total. The molecule has 1 heterocycles. The van der Waals surface area contributed by atoms with Crippen molar-refractivity contribution in [3.05, 3.63) is 17.3 Å². The minimum Gasteiger partial charge on any atom is -0.444 e. The topological polar surface area (TPSA) is 91.6 Å². The molecule has 0 spiro atoms. The molecule has 0 saturated heterocycles. The summed E-state index contributed by atoms with van der Waals surface area (Å²) in [5.74, 6) is 2.86. The second-order valence-electron chi connectivity index (χ2n) is 6.93. The van der Waals surface area contributed by atoms with Crippen LogP contribution >= 0.6 is 24.0 Å². The molecular formula is C19H34IN5O2. The van der Waals surface area contributed by atoms with Crippen LogP contribution in [0.3, 0.4) is 0 Å². The van der Waals surface area contributed by atoms with E-state index in [-0.39, 0.29) is 29.9 Å². The summed E-state index contributed by atoms with van der Waals surface area (Å²) in [5.41, 5.74) is 0.897. The first-order chi connectivity index (χ1) is 12.6. The Morgan fingerprint density at radius 3 is 2.48 bits per heavy atom. The number of halogens is 1. The van der Waals surface area contributed by atoms with Crippen LogP contribution in [0.5, 0.6) is 0 Å². The zero-order valence-corrected chi connectivity index (χ0v) is 19.1. The van der Waals surface area contributed by atoms with Crippen molar-refractivity contribution in [2.45, 2.75) is 65.8 Å². The molecule has 0 atom stereocenters. The van der Waals surface area contributed by atoms with Crippen LogP contribution in [-0.4, -0.2) is 36.5 Å². The van der Waals surface area contributed by atoms with Gasteiger partial charge in [0.25, 0.3) is 0 Å². The highest BCUT2D eigenvalue weighted by Crippen LogP contribution is 2.25.